The molecule has 2 N–H and O–H groups in total. The van der Waals surface area contributed by atoms with Crippen molar-refractivity contribution in [1.29, 1.82) is 0 Å². The molecule has 0 aromatic heterocycles. The van der Waals surface area contributed by atoms with E-state index in [1.165, 1.54) is 44.9 Å². The van der Waals surface area contributed by atoms with Gasteiger partial charge in [-0.1, -0.05) is 88.3 Å². The minimum Gasteiger partial charge on any atom is -0.508 e. The van der Waals surface area contributed by atoms with E-state index in [0.29, 0.717) is 24.3 Å². The minimum atomic E-state index is -0.514. The number of benzene rings is 2. The summed E-state index contributed by atoms with van der Waals surface area (Å²) in [5.74, 6) is 0.327. The zero-order valence-corrected chi connectivity index (χ0v) is 18.4. The van der Waals surface area contributed by atoms with E-state index in [-0.39, 0.29) is 11.5 Å². The Labute approximate surface area is 181 Å². The van der Waals surface area contributed by atoms with Crippen LogP contribution in [0.5, 0.6) is 11.5 Å². The van der Waals surface area contributed by atoms with Gasteiger partial charge in [-0.3, -0.25) is 0 Å². The van der Waals surface area contributed by atoms with Crippen LogP contribution >= 0.6 is 0 Å². The second-order valence-corrected chi connectivity index (χ2v) is 7.81. The molecule has 0 bridgehead atoms. The van der Waals surface area contributed by atoms with Crippen LogP contribution in [0.3, 0.4) is 0 Å². The van der Waals surface area contributed by atoms with Crippen LogP contribution in [0.15, 0.2) is 48.5 Å². The van der Waals surface area contributed by atoms with Crippen molar-refractivity contribution >= 4 is 0 Å². The van der Waals surface area contributed by atoms with Crippen molar-refractivity contribution in [3.05, 3.63) is 59.7 Å². The maximum atomic E-state index is 10.3. The average molecular weight is 415 g/mol. The lowest BCUT2D eigenvalue weighted by molar-refractivity contribution is 0.0492. The van der Waals surface area contributed by atoms with Gasteiger partial charge in [0.15, 0.2) is 0 Å². The fourth-order valence-electron chi connectivity index (χ4n) is 3.57. The van der Waals surface area contributed by atoms with Gasteiger partial charge in [0.05, 0.1) is 6.61 Å². The van der Waals surface area contributed by atoms with Gasteiger partial charge in [-0.05, 0) is 25.0 Å². The zero-order valence-electron chi connectivity index (χ0n) is 18.4. The van der Waals surface area contributed by atoms with Crippen LogP contribution in [0, 0.1) is 0 Å². The average Bonchev–Trinajstić information content (AvgIpc) is 2.76. The second-order valence-electron chi connectivity index (χ2n) is 7.81. The lowest BCUT2D eigenvalue weighted by Crippen LogP contribution is -2.10. The van der Waals surface area contributed by atoms with Gasteiger partial charge < -0.3 is 19.7 Å². The highest BCUT2D eigenvalue weighted by Crippen LogP contribution is 2.36. The van der Waals surface area contributed by atoms with Crippen molar-refractivity contribution in [2.45, 2.75) is 70.8 Å². The first-order valence-corrected chi connectivity index (χ1v) is 11.5. The maximum absolute atomic E-state index is 10.3. The Kier molecular flexibility index (Phi) is 12.0. The molecule has 0 saturated heterocycles. The van der Waals surface area contributed by atoms with Crippen molar-refractivity contribution in [2.75, 3.05) is 19.8 Å². The molecule has 4 nitrogen and oxygen atoms in total. The number of phenolic OH excluding ortho intramolecular Hbond substituents is 2. The predicted molar refractivity (Wildman–Crippen MR) is 122 cm³/mol. The van der Waals surface area contributed by atoms with Gasteiger partial charge in [0.2, 0.25) is 0 Å². The topological polar surface area (TPSA) is 58.9 Å². The molecule has 0 heterocycles. The molecule has 0 saturated carbocycles. The minimum absolute atomic E-state index is 0.164. The fourth-order valence-corrected chi connectivity index (χ4v) is 3.57. The summed E-state index contributed by atoms with van der Waals surface area (Å²) >= 11 is 0. The number of para-hydroxylation sites is 2. The fraction of sp³-hybridized carbons (Fsp3) is 0.538. The molecule has 0 amide bonds. The Hall–Kier alpha value is -2.04. The summed E-state index contributed by atoms with van der Waals surface area (Å²) in [6.07, 6.45) is 10.7. The van der Waals surface area contributed by atoms with E-state index in [4.69, 9.17) is 9.47 Å². The summed E-state index contributed by atoms with van der Waals surface area (Å²) in [6, 6.07) is 14.2. The molecule has 0 fully saturated rings. The highest BCUT2D eigenvalue weighted by atomic mass is 16.5. The lowest BCUT2D eigenvalue weighted by Gasteiger charge is -2.21. The summed E-state index contributed by atoms with van der Waals surface area (Å²) in [4.78, 5) is 0. The second kappa shape index (κ2) is 14.9. The van der Waals surface area contributed by atoms with Crippen LogP contribution in [0.4, 0.5) is 0 Å². The van der Waals surface area contributed by atoms with Gasteiger partial charge in [-0.2, -0.15) is 0 Å². The SMILES string of the molecule is CCCCCCCCCCOCCCOC(c1ccccc1O)c1ccccc1O. The van der Waals surface area contributed by atoms with E-state index in [1.54, 1.807) is 24.3 Å². The third-order valence-electron chi connectivity index (χ3n) is 5.30. The van der Waals surface area contributed by atoms with E-state index in [9.17, 15) is 10.2 Å². The van der Waals surface area contributed by atoms with Gasteiger partial charge >= 0.3 is 0 Å². The number of aromatic hydroxyl groups is 2. The lowest BCUT2D eigenvalue weighted by atomic mass is 9.99. The molecule has 0 aliphatic heterocycles. The molecule has 2 rings (SSSR count). The quantitative estimate of drug-likeness (QED) is 0.298. The summed E-state index contributed by atoms with van der Waals surface area (Å²) in [5.41, 5.74) is 1.30. The molecular weight excluding hydrogens is 376 g/mol. The molecule has 0 atom stereocenters. The van der Waals surface area contributed by atoms with Crippen LogP contribution in [-0.2, 0) is 9.47 Å². The standard InChI is InChI=1S/C26H38O4/c1-2-3-4-5-6-7-8-13-19-29-20-14-21-30-26(22-15-9-11-17-24(22)27)23-16-10-12-18-25(23)28/h9-12,15-18,26-28H,2-8,13-14,19-21H2,1H3. The number of rotatable bonds is 16. The van der Waals surface area contributed by atoms with E-state index in [0.717, 1.165) is 19.4 Å². The molecule has 0 radical (unpaired) electrons. The molecule has 30 heavy (non-hydrogen) atoms. The summed E-state index contributed by atoms with van der Waals surface area (Å²) < 4.78 is 11.8. The first-order valence-electron chi connectivity index (χ1n) is 11.5. The van der Waals surface area contributed by atoms with Crippen LogP contribution < -0.4 is 0 Å². The number of hydrogen-bond acceptors (Lipinski definition) is 4. The van der Waals surface area contributed by atoms with Crippen LogP contribution in [-0.4, -0.2) is 30.0 Å². The molecule has 0 aliphatic carbocycles. The van der Waals surface area contributed by atoms with Crippen molar-refractivity contribution in [1.82, 2.24) is 0 Å². The third-order valence-corrected chi connectivity index (χ3v) is 5.30. The molecule has 166 valence electrons. The van der Waals surface area contributed by atoms with Crippen molar-refractivity contribution < 1.29 is 19.7 Å². The Morgan fingerprint density at radius 1 is 0.633 bits per heavy atom. The first-order chi connectivity index (χ1) is 14.7. The molecule has 2 aromatic carbocycles. The van der Waals surface area contributed by atoms with E-state index >= 15 is 0 Å². The van der Waals surface area contributed by atoms with Crippen LogP contribution in [0.1, 0.15) is 81.9 Å². The van der Waals surface area contributed by atoms with Gasteiger partial charge in [-0.25, -0.2) is 0 Å². The van der Waals surface area contributed by atoms with Crippen LogP contribution in [0.2, 0.25) is 0 Å². The Morgan fingerprint density at radius 2 is 1.13 bits per heavy atom. The normalized spacial score (nSPS) is 11.3. The number of phenols is 2. The van der Waals surface area contributed by atoms with E-state index < -0.39 is 6.10 Å². The van der Waals surface area contributed by atoms with Crippen molar-refractivity contribution in [3.63, 3.8) is 0 Å². The van der Waals surface area contributed by atoms with Gasteiger partial charge in [0, 0.05) is 24.3 Å². The van der Waals surface area contributed by atoms with Gasteiger partial charge in [0.25, 0.3) is 0 Å². The van der Waals surface area contributed by atoms with E-state index in [2.05, 4.69) is 6.92 Å². The highest BCUT2D eigenvalue weighted by molar-refractivity contribution is 5.44. The molecule has 4 heteroatoms. The van der Waals surface area contributed by atoms with Gasteiger partial charge in [0.1, 0.15) is 17.6 Å². The highest BCUT2D eigenvalue weighted by Gasteiger charge is 2.20. The molecule has 0 unspecified atom stereocenters. The van der Waals surface area contributed by atoms with Gasteiger partial charge in [-0.15, -0.1) is 0 Å². The first kappa shape index (κ1) is 24.2. The Morgan fingerprint density at radius 3 is 1.70 bits per heavy atom. The number of ether oxygens (including phenoxy) is 2. The molecule has 0 aliphatic rings. The molecular formula is C26H38O4. The Balaban J connectivity index is 1.67. The van der Waals surface area contributed by atoms with Crippen LogP contribution in [0.25, 0.3) is 0 Å². The predicted octanol–water partition coefficient (Wildman–Crippen LogP) is 6.75. The number of hydrogen-bond donors (Lipinski definition) is 2. The largest absolute Gasteiger partial charge is 0.508 e. The maximum Gasteiger partial charge on any atom is 0.121 e. The number of unbranched alkanes of at least 4 members (excludes halogenated alkanes) is 7. The molecule has 2 aromatic rings. The monoisotopic (exact) mass is 414 g/mol. The summed E-state index contributed by atoms with van der Waals surface area (Å²) in [7, 11) is 0. The van der Waals surface area contributed by atoms with E-state index in [1.807, 2.05) is 24.3 Å². The molecule has 0 spiro atoms. The summed E-state index contributed by atoms with van der Waals surface area (Å²) in [6.45, 7) is 4.20. The van der Waals surface area contributed by atoms with Crippen molar-refractivity contribution in [3.8, 4) is 11.5 Å². The third kappa shape index (κ3) is 8.76. The van der Waals surface area contributed by atoms with Crippen molar-refractivity contribution in [2.24, 2.45) is 0 Å². The Bertz CT molecular complexity index is 655. The zero-order chi connectivity index (χ0) is 21.4. The summed E-state index contributed by atoms with van der Waals surface area (Å²) in [5, 5.41) is 20.5. The smallest absolute Gasteiger partial charge is 0.121 e.